The molecule has 3 heteroatoms. The third kappa shape index (κ3) is 2.27. The van der Waals surface area contributed by atoms with E-state index >= 15 is 0 Å². The lowest BCUT2D eigenvalue weighted by Gasteiger charge is -2.25. The number of para-hydroxylation sites is 1. The standard InChI is InChI=1S/C16H21ClN2/c1-12-6-5-7-13-15(12)18-14(10-17)19(13)11-16(2)8-3-4-9-16/h5-7H,3-4,8-11H2,1-2H3. The summed E-state index contributed by atoms with van der Waals surface area (Å²) in [5.41, 5.74) is 4.00. The number of halogens is 1. The number of hydrogen-bond acceptors (Lipinski definition) is 1. The molecule has 1 heterocycles. The molecule has 0 spiro atoms. The van der Waals surface area contributed by atoms with Gasteiger partial charge in [-0.25, -0.2) is 4.98 Å². The van der Waals surface area contributed by atoms with E-state index in [9.17, 15) is 0 Å². The summed E-state index contributed by atoms with van der Waals surface area (Å²) >= 11 is 6.10. The van der Waals surface area contributed by atoms with Gasteiger partial charge in [0.15, 0.2) is 0 Å². The Morgan fingerprint density at radius 3 is 2.74 bits per heavy atom. The third-order valence-corrected chi connectivity index (χ3v) is 4.77. The second-order valence-corrected chi connectivity index (χ2v) is 6.48. The topological polar surface area (TPSA) is 17.8 Å². The van der Waals surface area contributed by atoms with Crippen molar-refractivity contribution < 1.29 is 0 Å². The number of fused-ring (bicyclic) bond motifs is 1. The minimum atomic E-state index is 0.415. The lowest BCUT2D eigenvalue weighted by atomic mass is 9.88. The molecule has 1 aromatic heterocycles. The second kappa shape index (κ2) is 4.82. The monoisotopic (exact) mass is 276 g/mol. The molecule has 1 aliphatic rings. The summed E-state index contributed by atoms with van der Waals surface area (Å²) in [6, 6.07) is 6.41. The first-order valence-electron chi connectivity index (χ1n) is 7.14. The van der Waals surface area contributed by atoms with Crippen LogP contribution in [0.4, 0.5) is 0 Å². The first kappa shape index (κ1) is 13.0. The Morgan fingerprint density at radius 2 is 2.05 bits per heavy atom. The van der Waals surface area contributed by atoms with Crippen LogP contribution in [-0.4, -0.2) is 9.55 Å². The van der Waals surface area contributed by atoms with Crippen molar-refractivity contribution in [3.05, 3.63) is 29.6 Å². The highest BCUT2D eigenvalue weighted by Gasteiger charge is 2.30. The lowest BCUT2D eigenvalue weighted by Crippen LogP contribution is -2.20. The van der Waals surface area contributed by atoms with Crippen molar-refractivity contribution in [2.45, 2.75) is 52.0 Å². The van der Waals surface area contributed by atoms with Gasteiger partial charge in [0.05, 0.1) is 16.9 Å². The van der Waals surface area contributed by atoms with Crippen molar-refractivity contribution in [2.24, 2.45) is 5.41 Å². The van der Waals surface area contributed by atoms with Gasteiger partial charge >= 0.3 is 0 Å². The van der Waals surface area contributed by atoms with E-state index in [0.717, 1.165) is 17.9 Å². The van der Waals surface area contributed by atoms with Gasteiger partial charge < -0.3 is 4.57 Å². The van der Waals surface area contributed by atoms with Crippen LogP contribution in [0.5, 0.6) is 0 Å². The Morgan fingerprint density at radius 1 is 1.32 bits per heavy atom. The maximum Gasteiger partial charge on any atom is 0.124 e. The van der Waals surface area contributed by atoms with Gasteiger partial charge in [0.25, 0.3) is 0 Å². The van der Waals surface area contributed by atoms with Gasteiger partial charge in [-0.1, -0.05) is 31.9 Å². The van der Waals surface area contributed by atoms with Crippen molar-refractivity contribution >= 4 is 22.6 Å². The van der Waals surface area contributed by atoms with Crippen LogP contribution in [0.3, 0.4) is 0 Å². The van der Waals surface area contributed by atoms with Crippen molar-refractivity contribution in [1.82, 2.24) is 9.55 Å². The second-order valence-electron chi connectivity index (χ2n) is 6.21. The van der Waals surface area contributed by atoms with Crippen molar-refractivity contribution in [3.8, 4) is 0 Å². The van der Waals surface area contributed by atoms with Gasteiger partial charge in [0, 0.05) is 6.54 Å². The molecule has 1 aliphatic carbocycles. The van der Waals surface area contributed by atoms with E-state index in [0.29, 0.717) is 11.3 Å². The summed E-state index contributed by atoms with van der Waals surface area (Å²) in [6.07, 6.45) is 5.36. The number of aryl methyl sites for hydroxylation is 1. The number of imidazole rings is 1. The number of hydrogen-bond donors (Lipinski definition) is 0. The van der Waals surface area contributed by atoms with Gasteiger partial charge in [-0.05, 0) is 36.8 Å². The molecule has 0 amide bonds. The minimum Gasteiger partial charge on any atom is -0.326 e. The molecule has 0 saturated heterocycles. The molecule has 2 aromatic rings. The molecule has 0 N–H and O–H groups in total. The normalized spacial score (nSPS) is 18.3. The van der Waals surface area contributed by atoms with Crippen LogP contribution in [-0.2, 0) is 12.4 Å². The minimum absolute atomic E-state index is 0.415. The number of alkyl halides is 1. The van der Waals surface area contributed by atoms with Crippen LogP contribution in [0.25, 0.3) is 11.0 Å². The van der Waals surface area contributed by atoms with Crippen LogP contribution in [0.2, 0.25) is 0 Å². The lowest BCUT2D eigenvalue weighted by molar-refractivity contribution is 0.282. The van der Waals surface area contributed by atoms with Gasteiger partial charge in [0.2, 0.25) is 0 Å². The molecule has 1 saturated carbocycles. The van der Waals surface area contributed by atoms with E-state index in [1.54, 1.807) is 0 Å². The van der Waals surface area contributed by atoms with Crippen LogP contribution >= 0.6 is 11.6 Å². The van der Waals surface area contributed by atoms with Gasteiger partial charge in [0.1, 0.15) is 5.82 Å². The van der Waals surface area contributed by atoms with Crippen LogP contribution in [0.1, 0.15) is 44.0 Å². The molecule has 0 aliphatic heterocycles. The summed E-state index contributed by atoms with van der Waals surface area (Å²) < 4.78 is 2.35. The van der Waals surface area contributed by atoms with Crippen molar-refractivity contribution in [2.75, 3.05) is 0 Å². The summed E-state index contributed by atoms with van der Waals surface area (Å²) in [6.45, 7) is 5.57. The number of rotatable bonds is 3. The molecule has 0 radical (unpaired) electrons. The predicted molar refractivity (Wildman–Crippen MR) is 80.6 cm³/mol. The van der Waals surface area contributed by atoms with Gasteiger partial charge in [-0.15, -0.1) is 11.6 Å². The Bertz CT molecular complexity index is 594. The Hall–Kier alpha value is -1.02. The fourth-order valence-electron chi connectivity index (χ4n) is 3.38. The van der Waals surface area contributed by atoms with E-state index in [-0.39, 0.29) is 0 Å². The van der Waals surface area contributed by atoms with Crippen LogP contribution in [0, 0.1) is 12.3 Å². The molecular formula is C16H21ClN2. The molecule has 1 fully saturated rings. The summed E-state index contributed by atoms with van der Waals surface area (Å²) in [4.78, 5) is 4.73. The fourth-order valence-corrected chi connectivity index (χ4v) is 3.59. The summed E-state index contributed by atoms with van der Waals surface area (Å²) in [5, 5.41) is 0. The van der Waals surface area contributed by atoms with E-state index in [1.165, 1.54) is 36.8 Å². The highest BCUT2D eigenvalue weighted by atomic mass is 35.5. The Labute approximate surface area is 119 Å². The predicted octanol–water partition coefficient (Wildman–Crippen LogP) is 4.66. The molecule has 2 nitrogen and oxygen atoms in total. The zero-order chi connectivity index (χ0) is 13.5. The molecule has 1 aromatic carbocycles. The Kier molecular flexibility index (Phi) is 3.30. The molecule has 19 heavy (non-hydrogen) atoms. The van der Waals surface area contributed by atoms with Gasteiger partial charge in [-0.2, -0.15) is 0 Å². The number of nitrogens with zero attached hydrogens (tertiary/aromatic N) is 2. The van der Waals surface area contributed by atoms with E-state index in [2.05, 4.69) is 36.6 Å². The number of aromatic nitrogens is 2. The zero-order valence-corrected chi connectivity index (χ0v) is 12.5. The third-order valence-electron chi connectivity index (χ3n) is 4.53. The molecule has 102 valence electrons. The highest BCUT2D eigenvalue weighted by molar-refractivity contribution is 6.16. The maximum atomic E-state index is 6.10. The number of benzene rings is 1. The molecule has 0 unspecified atom stereocenters. The van der Waals surface area contributed by atoms with E-state index in [1.807, 2.05) is 0 Å². The fraction of sp³-hybridized carbons (Fsp3) is 0.562. The average Bonchev–Trinajstić information content (AvgIpc) is 2.96. The first-order valence-corrected chi connectivity index (χ1v) is 7.67. The smallest absolute Gasteiger partial charge is 0.124 e. The summed E-state index contributed by atoms with van der Waals surface area (Å²) in [7, 11) is 0. The quantitative estimate of drug-likeness (QED) is 0.745. The molecular weight excluding hydrogens is 256 g/mol. The molecule has 3 rings (SSSR count). The van der Waals surface area contributed by atoms with Crippen molar-refractivity contribution in [1.29, 1.82) is 0 Å². The first-order chi connectivity index (χ1) is 9.13. The maximum absolute atomic E-state index is 6.10. The van der Waals surface area contributed by atoms with Crippen molar-refractivity contribution in [3.63, 3.8) is 0 Å². The van der Waals surface area contributed by atoms with Gasteiger partial charge in [-0.3, -0.25) is 0 Å². The van der Waals surface area contributed by atoms with Crippen LogP contribution in [0.15, 0.2) is 18.2 Å². The molecule has 0 bridgehead atoms. The Balaban J connectivity index is 2.08. The molecule has 0 atom stereocenters. The van der Waals surface area contributed by atoms with E-state index < -0.39 is 0 Å². The largest absolute Gasteiger partial charge is 0.326 e. The zero-order valence-electron chi connectivity index (χ0n) is 11.7. The van der Waals surface area contributed by atoms with E-state index in [4.69, 9.17) is 16.6 Å². The highest BCUT2D eigenvalue weighted by Crippen LogP contribution is 2.40. The average molecular weight is 277 g/mol. The van der Waals surface area contributed by atoms with Crippen LogP contribution < -0.4 is 0 Å². The SMILES string of the molecule is Cc1cccc2c1nc(CCl)n2CC1(C)CCCC1. The summed E-state index contributed by atoms with van der Waals surface area (Å²) in [5.74, 6) is 1.50.